The smallest absolute Gasteiger partial charge is 0.225 e. The van der Waals surface area contributed by atoms with E-state index in [0.29, 0.717) is 48.1 Å². The molecule has 178 valence electrons. The zero-order chi connectivity index (χ0) is 22.2. The van der Waals surface area contributed by atoms with Crippen molar-refractivity contribution >= 4 is 14.2 Å². The molecule has 3 saturated carbocycles. The van der Waals surface area contributed by atoms with Crippen LogP contribution in [0.15, 0.2) is 0 Å². The molecule has 1 aliphatic heterocycles. The molecule has 0 aromatic heterocycles. The number of hydrogen-bond donors (Lipinski definition) is 2. The molecule has 4 nitrogen and oxygen atoms in total. The summed E-state index contributed by atoms with van der Waals surface area (Å²) in [4.78, 5) is 26.2. The van der Waals surface area contributed by atoms with Crippen LogP contribution in [-0.2, 0) is 4.79 Å². The predicted octanol–water partition coefficient (Wildman–Crippen LogP) is 4.72. The summed E-state index contributed by atoms with van der Waals surface area (Å²) < 4.78 is 14.6. The predicted molar refractivity (Wildman–Crippen MR) is 126 cm³/mol. The topological polar surface area (TPSA) is 66.6 Å². The van der Waals surface area contributed by atoms with E-state index in [1.54, 1.807) is 0 Å². The molecule has 31 heavy (non-hydrogen) atoms. The summed E-state index contributed by atoms with van der Waals surface area (Å²) in [6.07, 6.45) is 10.6. The minimum Gasteiger partial charge on any atom is -0.432 e. The van der Waals surface area contributed by atoms with Gasteiger partial charge >= 0.3 is 0 Å². The number of amides is 1. The number of piperidine rings is 1. The lowest BCUT2D eigenvalue weighted by molar-refractivity contribution is -0.139. The first kappa shape index (κ1) is 23.7. The van der Waals surface area contributed by atoms with Gasteiger partial charge in [-0.3, -0.25) is 4.79 Å². The molecule has 1 amide bonds. The number of rotatable bonds is 4. The Morgan fingerprint density at radius 2 is 1.71 bits per heavy atom. The summed E-state index contributed by atoms with van der Waals surface area (Å²) in [5, 5.41) is 0. The molecule has 1 saturated heterocycles. The first-order valence-electron chi connectivity index (χ1n) is 13.1. The Balaban J connectivity index is 1.29. The van der Waals surface area contributed by atoms with Crippen molar-refractivity contribution in [2.24, 2.45) is 41.2 Å². The average Bonchev–Trinajstić information content (AvgIpc) is 2.77. The van der Waals surface area contributed by atoms with Crippen LogP contribution in [0.4, 0.5) is 4.39 Å². The second-order valence-corrected chi connectivity index (χ2v) is 15.9. The molecule has 7 atom stereocenters. The molecule has 7 unspecified atom stereocenters. The average molecular weight is 453 g/mol. The third kappa shape index (κ3) is 5.21. The quantitative estimate of drug-likeness (QED) is 0.607. The largest absolute Gasteiger partial charge is 0.432 e. The van der Waals surface area contributed by atoms with Crippen LogP contribution in [0.2, 0.25) is 18.6 Å². The normalized spacial score (nSPS) is 40.4. The fourth-order valence-corrected chi connectivity index (χ4v) is 10.2. The molecular weight excluding hydrogens is 407 g/mol. The van der Waals surface area contributed by atoms with Gasteiger partial charge in [0.15, 0.2) is 8.32 Å². The van der Waals surface area contributed by atoms with Crippen LogP contribution in [-0.4, -0.2) is 49.7 Å². The number of nitrogens with zero attached hydrogens (tertiary/aromatic N) is 1. The molecule has 0 radical (unpaired) electrons. The molecule has 1 heterocycles. The minimum absolute atomic E-state index is 0.153. The number of hydrogen-bond acceptors (Lipinski definition) is 3. The van der Waals surface area contributed by atoms with E-state index in [1.165, 1.54) is 19.3 Å². The first-order valence-corrected chi connectivity index (χ1v) is 16.2. The number of halogens is 1. The lowest BCUT2D eigenvalue weighted by Crippen LogP contribution is -2.48. The number of fused-ring (bicyclic) bond motifs is 1. The summed E-state index contributed by atoms with van der Waals surface area (Å²) in [6.45, 7) is 6.51. The number of carbonyl (C=O) groups is 1. The molecule has 0 aromatic rings. The Hall–Kier alpha value is -0.463. The van der Waals surface area contributed by atoms with Crippen molar-refractivity contribution in [3.8, 4) is 0 Å². The van der Waals surface area contributed by atoms with Gasteiger partial charge in [-0.05, 0) is 106 Å². The number of likely N-dealkylation sites (tertiary alicyclic amines) is 1. The zero-order valence-corrected chi connectivity index (χ0v) is 20.8. The highest BCUT2D eigenvalue weighted by atomic mass is 28.4. The molecule has 0 aromatic carbocycles. The summed E-state index contributed by atoms with van der Waals surface area (Å²) in [5.41, 5.74) is 6.39. The standard InChI is InChI=1S/C25H45FN2O2Si/c1-31(2,30)24-5-3-4-19-15-20(7-8-21(19)24)25(29)28-12-10-18(11-13-28)22-14-17(16-27)6-9-23(22)26/h17-24,30H,3-16,27H2,1-2H3. The first-order chi connectivity index (χ1) is 14.8. The number of alkyl halides is 1. The van der Waals surface area contributed by atoms with Crippen LogP contribution < -0.4 is 5.73 Å². The molecule has 4 aliphatic rings. The van der Waals surface area contributed by atoms with E-state index >= 15 is 0 Å². The van der Waals surface area contributed by atoms with Crippen molar-refractivity contribution in [1.82, 2.24) is 4.90 Å². The Bertz CT molecular complexity index is 619. The second-order valence-electron chi connectivity index (χ2n) is 11.9. The highest BCUT2D eigenvalue weighted by Gasteiger charge is 2.46. The van der Waals surface area contributed by atoms with E-state index in [1.807, 2.05) is 0 Å². The van der Waals surface area contributed by atoms with Crippen molar-refractivity contribution in [1.29, 1.82) is 0 Å². The van der Waals surface area contributed by atoms with Gasteiger partial charge in [-0.25, -0.2) is 4.39 Å². The van der Waals surface area contributed by atoms with Gasteiger partial charge in [0.1, 0.15) is 6.17 Å². The van der Waals surface area contributed by atoms with Crippen molar-refractivity contribution in [3.63, 3.8) is 0 Å². The molecule has 0 spiro atoms. The van der Waals surface area contributed by atoms with Gasteiger partial charge in [-0.2, -0.15) is 0 Å². The summed E-state index contributed by atoms with van der Waals surface area (Å²) in [5.74, 6) is 2.85. The van der Waals surface area contributed by atoms with Crippen LogP contribution in [0.3, 0.4) is 0 Å². The Kier molecular flexibility index (Phi) is 7.49. The van der Waals surface area contributed by atoms with E-state index < -0.39 is 14.5 Å². The van der Waals surface area contributed by atoms with Gasteiger partial charge in [-0.1, -0.05) is 19.3 Å². The third-order valence-corrected chi connectivity index (χ3v) is 12.1. The third-order valence-electron chi connectivity index (χ3n) is 9.62. The van der Waals surface area contributed by atoms with Gasteiger partial charge in [0.05, 0.1) is 0 Å². The molecule has 4 fully saturated rings. The van der Waals surface area contributed by atoms with Crippen molar-refractivity contribution in [3.05, 3.63) is 0 Å². The Labute approximate surface area is 189 Å². The monoisotopic (exact) mass is 452 g/mol. The maximum absolute atomic E-state index is 14.6. The maximum atomic E-state index is 14.6. The van der Waals surface area contributed by atoms with Crippen LogP contribution in [0, 0.1) is 35.5 Å². The summed E-state index contributed by atoms with van der Waals surface area (Å²) in [7, 11) is -2.12. The molecule has 0 bridgehead atoms. The fraction of sp³-hybridized carbons (Fsp3) is 0.960. The second kappa shape index (κ2) is 9.80. The van der Waals surface area contributed by atoms with Crippen LogP contribution in [0.5, 0.6) is 0 Å². The highest BCUT2D eigenvalue weighted by Crippen LogP contribution is 2.51. The van der Waals surface area contributed by atoms with Crippen LogP contribution in [0.25, 0.3) is 0 Å². The van der Waals surface area contributed by atoms with Gasteiger partial charge in [0.25, 0.3) is 0 Å². The maximum Gasteiger partial charge on any atom is 0.225 e. The summed E-state index contributed by atoms with van der Waals surface area (Å²) in [6, 6.07) is 0. The van der Waals surface area contributed by atoms with E-state index in [2.05, 4.69) is 18.0 Å². The minimum atomic E-state index is -2.12. The number of carbonyl (C=O) groups excluding carboxylic acids is 1. The van der Waals surface area contributed by atoms with E-state index in [9.17, 15) is 14.0 Å². The van der Waals surface area contributed by atoms with Crippen LogP contribution >= 0.6 is 0 Å². The Morgan fingerprint density at radius 3 is 2.39 bits per heavy atom. The molecule has 3 N–H and O–H groups in total. The zero-order valence-electron chi connectivity index (χ0n) is 19.8. The lowest BCUT2D eigenvalue weighted by atomic mass is 9.66. The molecular formula is C25H45FN2O2Si. The fourth-order valence-electron chi connectivity index (χ4n) is 7.83. The van der Waals surface area contributed by atoms with Crippen LogP contribution in [0.1, 0.15) is 70.6 Å². The highest BCUT2D eigenvalue weighted by molar-refractivity contribution is 6.71. The Morgan fingerprint density at radius 1 is 0.968 bits per heavy atom. The van der Waals surface area contributed by atoms with Crippen molar-refractivity contribution in [2.45, 2.75) is 95.4 Å². The molecule has 6 heteroatoms. The van der Waals surface area contributed by atoms with E-state index in [-0.39, 0.29) is 11.8 Å². The van der Waals surface area contributed by atoms with Gasteiger partial charge in [0.2, 0.25) is 5.91 Å². The molecule has 4 rings (SSSR count). The summed E-state index contributed by atoms with van der Waals surface area (Å²) >= 11 is 0. The van der Waals surface area contributed by atoms with Crippen molar-refractivity contribution in [2.75, 3.05) is 19.6 Å². The van der Waals surface area contributed by atoms with Gasteiger partial charge in [-0.15, -0.1) is 0 Å². The SMILES string of the molecule is C[Si](C)(O)C1CCCC2CC(C(=O)N3CCC(C4CC(CN)CCC4F)CC3)CCC21. The van der Waals surface area contributed by atoms with E-state index in [0.717, 1.165) is 58.0 Å². The number of nitrogens with two attached hydrogens (primary N) is 1. The molecule has 3 aliphatic carbocycles. The van der Waals surface area contributed by atoms with E-state index in [4.69, 9.17) is 5.73 Å². The van der Waals surface area contributed by atoms with Crippen molar-refractivity contribution < 1.29 is 14.0 Å². The van der Waals surface area contributed by atoms with Gasteiger partial charge in [0, 0.05) is 19.0 Å². The van der Waals surface area contributed by atoms with Gasteiger partial charge < -0.3 is 15.4 Å². The lowest BCUT2D eigenvalue weighted by Gasteiger charge is -2.48.